The molecule has 8 heteroatoms. The molecule has 0 fully saturated rings. The van der Waals surface area contributed by atoms with E-state index in [9.17, 15) is 18.0 Å². The second-order valence-corrected chi connectivity index (χ2v) is 4.92. The van der Waals surface area contributed by atoms with Gasteiger partial charge in [0.1, 0.15) is 5.69 Å². The van der Waals surface area contributed by atoms with E-state index >= 15 is 0 Å². The molecule has 1 aromatic carbocycles. The van der Waals surface area contributed by atoms with Crippen molar-refractivity contribution >= 4 is 12.2 Å². The Labute approximate surface area is 133 Å². The van der Waals surface area contributed by atoms with Crippen LogP contribution in [0.4, 0.5) is 13.2 Å². The zero-order chi connectivity index (χ0) is 17.2. The Morgan fingerprint density at radius 1 is 1.08 bits per heavy atom. The van der Waals surface area contributed by atoms with Crippen LogP contribution in [0.5, 0.6) is 0 Å². The Morgan fingerprint density at radius 3 is 2.54 bits per heavy atom. The summed E-state index contributed by atoms with van der Waals surface area (Å²) in [5.74, 6) is 0. The van der Waals surface area contributed by atoms with Crippen molar-refractivity contribution in [3.8, 4) is 11.3 Å². The van der Waals surface area contributed by atoms with Gasteiger partial charge in [0.05, 0.1) is 17.6 Å². The van der Waals surface area contributed by atoms with Gasteiger partial charge in [-0.1, -0.05) is 30.3 Å². The van der Waals surface area contributed by atoms with E-state index in [-0.39, 0.29) is 5.69 Å². The number of nitrogens with one attached hydrogen (secondary N) is 2. The number of alkyl halides is 3. The van der Waals surface area contributed by atoms with E-state index in [2.05, 4.69) is 15.2 Å². The van der Waals surface area contributed by atoms with Crippen molar-refractivity contribution < 1.29 is 13.2 Å². The number of hydrogen-bond acceptors (Lipinski definition) is 3. The Kier molecular flexibility index (Phi) is 4.03. The van der Waals surface area contributed by atoms with Crippen LogP contribution in [0.1, 0.15) is 17.0 Å². The van der Waals surface area contributed by atoms with Gasteiger partial charge in [-0.15, -0.1) is 0 Å². The van der Waals surface area contributed by atoms with Gasteiger partial charge in [-0.2, -0.15) is 23.3 Å². The van der Waals surface area contributed by atoms with Crippen LogP contribution in [-0.2, 0) is 6.18 Å². The van der Waals surface area contributed by atoms with Crippen molar-refractivity contribution in [2.24, 2.45) is 0 Å². The molecule has 24 heavy (non-hydrogen) atoms. The topological polar surface area (TPSA) is 74.4 Å². The van der Waals surface area contributed by atoms with Gasteiger partial charge in [0.2, 0.25) is 0 Å². The third kappa shape index (κ3) is 3.43. The van der Waals surface area contributed by atoms with Gasteiger partial charge in [-0.3, -0.25) is 5.10 Å². The molecule has 0 saturated carbocycles. The lowest BCUT2D eigenvalue weighted by molar-refractivity contribution is -0.141. The van der Waals surface area contributed by atoms with Crippen LogP contribution in [0, 0.1) is 0 Å². The molecule has 5 nitrogen and oxygen atoms in total. The molecule has 0 aliphatic carbocycles. The van der Waals surface area contributed by atoms with Gasteiger partial charge in [0.15, 0.2) is 0 Å². The number of hydrogen-bond donors (Lipinski definition) is 2. The van der Waals surface area contributed by atoms with Crippen molar-refractivity contribution in [1.29, 1.82) is 0 Å². The van der Waals surface area contributed by atoms with E-state index in [0.29, 0.717) is 11.3 Å². The molecule has 0 bridgehead atoms. The van der Waals surface area contributed by atoms with Crippen molar-refractivity contribution in [3.63, 3.8) is 0 Å². The number of nitrogens with zero attached hydrogens (tertiary/aromatic N) is 2. The van der Waals surface area contributed by atoms with E-state index in [4.69, 9.17) is 0 Å². The standard InChI is InChI=1S/C16H11F3N4O/c17-16(18,19)13-8-12(21-15(24)22-13)7-6-11-9-20-23-14(11)10-4-2-1-3-5-10/h1-9H,(H,20,23)(H,21,22,24)/b7-6+. The fourth-order valence-electron chi connectivity index (χ4n) is 2.15. The average molecular weight is 332 g/mol. The van der Waals surface area contributed by atoms with Crippen molar-refractivity contribution in [2.75, 3.05) is 0 Å². The molecule has 3 aromatic rings. The summed E-state index contributed by atoms with van der Waals surface area (Å²) in [4.78, 5) is 16.5. The van der Waals surface area contributed by atoms with Gasteiger partial charge in [0.25, 0.3) is 0 Å². The molecule has 0 atom stereocenters. The lowest BCUT2D eigenvalue weighted by Crippen LogP contribution is -2.19. The highest BCUT2D eigenvalue weighted by atomic mass is 19.4. The maximum Gasteiger partial charge on any atom is 0.431 e. The summed E-state index contributed by atoms with van der Waals surface area (Å²) in [5.41, 5.74) is -0.0297. The first-order valence-electron chi connectivity index (χ1n) is 6.89. The smallest absolute Gasteiger partial charge is 0.302 e. The first-order chi connectivity index (χ1) is 11.4. The Hall–Kier alpha value is -3.16. The Bertz CT molecular complexity index is 926. The van der Waals surface area contributed by atoms with Crippen LogP contribution in [0.2, 0.25) is 0 Å². The number of H-pyrrole nitrogens is 2. The first-order valence-corrected chi connectivity index (χ1v) is 6.89. The fraction of sp³-hybridized carbons (Fsp3) is 0.0625. The molecule has 2 N–H and O–H groups in total. The third-order valence-corrected chi connectivity index (χ3v) is 3.23. The van der Waals surface area contributed by atoms with E-state index < -0.39 is 17.6 Å². The van der Waals surface area contributed by atoms with Gasteiger partial charge in [0, 0.05) is 11.1 Å². The Balaban J connectivity index is 1.95. The predicted octanol–water partition coefficient (Wildman–Crippen LogP) is 3.35. The normalized spacial score (nSPS) is 12.0. The van der Waals surface area contributed by atoms with Crippen molar-refractivity contribution in [3.05, 3.63) is 70.0 Å². The number of halogens is 3. The lowest BCUT2D eigenvalue weighted by Gasteiger charge is -2.05. The number of aromatic amines is 2. The van der Waals surface area contributed by atoms with Gasteiger partial charge in [-0.05, 0) is 18.2 Å². The summed E-state index contributed by atoms with van der Waals surface area (Å²) in [6.07, 6.45) is -0.220. The molecule has 0 spiro atoms. The summed E-state index contributed by atoms with van der Waals surface area (Å²) in [5, 5.41) is 6.78. The summed E-state index contributed by atoms with van der Waals surface area (Å²) in [7, 11) is 0. The summed E-state index contributed by atoms with van der Waals surface area (Å²) >= 11 is 0. The number of rotatable bonds is 3. The minimum atomic E-state index is -4.64. The predicted molar refractivity (Wildman–Crippen MR) is 82.8 cm³/mol. The highest BCUT2D eigenvalue weighted by Crippen LogP contribution is 2.27. The van der Waals surface area contributed by atoms with E-state index in [0.717, 1.165) is 11.6 Å². The molecular formula is C16H11F3N4O. The van der Waals surface area contributed by atoms with Gasteiger partial charge >= 0.3 is 11.9 Å². The second-order valence-electron chi connectivity index (χ2n) is 4.92. The second kappa shape index (κ2) is 6.15. The lowest BCUT2D eigenvalue weighted by atomic mass is 10.1. The summed E-state index contributed by atoms with van der Waals surface area (Å²) < 4.78 is 38.1. The first kappa shape index (κ1) is 15.7. The molecule has 0 unspecified atom stereocenters. The molecule has 0 saturated heterocycles. The van der Waals surface area contributed by atoms with Crippen LogP contribution in [0.15, 0.2) is 47.4 Å². The SMILES string of the molecule is O=c1nc(/C=C/c2cn[nH]c2-c2ccccc2)cc(C(F)(F)F)[nH]1. The number of aromatic nitrogens is 4. The highest BCUT2D eigenvalue weighted by Gasteiger charge is 2.32. The van der Waals surface area contributed by atoms with Crippen LogP contribution < -0.4 is 5.69 Å². The van der Waals surface area contributed by atoms with Crippen LogP contribution in [0.25, 0.3) is 23.4 Å². The van der Waals surface area contributed by atoms with Gasteiger partial charge < -0.3 is 4.98 Å². The largest absolute Gasteiger partial charge is 0.431 e. The number of benzene rings is 1. The molecular weight excluding hydrogens is 321 g/mol. The minimum Gasteiger partial charge on any atom is -0.302 e. The molecule has 2 heterocycles. The maximum atomic E-state index is 12.7. The average Bonchev–Trinajstić information content (AvgIpc) is 3.01. The fourth-order valence-corrected chi connectivity index (χ4v) is 2.15. The van der Waals surface area contributed by atoms with Crippen LogP contribution in [0.3, 0.4) is 0 Å². The molecule has 2 aromatic heterocycles. The van der Waals surface area contributed by atoms with Crippen molar-refractivity contribution in [1.82, 2.24) is 20.2 Å². The summed E-state index contributed by atoms with van der Waals surface area (Å²) in [6, 6.07) is 10.1. The zero-order valence-electron chi connectivity index (χ0n) is 12.1. The van der Waals surface area contributed by atoms with Crippen LogP contribution >= 0.6 is 0 Å². The Morgan fingerprint density at radius 2 is 1.83 bits per heavy atom. The molecule has 0 radical (unpaired) electrons. The third-order valence-electron chi connectivity index (χ3n) is 3.23. The molecule has 122 valence electrons. The van der Waals surface area contributed by atoms with E-state index in [1.807, 2.05) is 30.3 Å². The zero-order valence-corrected chi connectivity index (χ0v) is 12.1. The van der Waals surface area contributed by atoms with Gasteiger partial charge in [-0.25, -0.2) is 4.79 Å². The molecule has 3 rings (SSSR count). The van der Waals surface area contributed by atoms with Crippen LogP contribution in [-0.4, -0.2) is 20.2 Å². The van der Waals surface area contributed by atoms with E-state index in [1.165, 1.54) is 12.3 Å². The summed E-state index contributed by atoms with van der Waals surface area (Å²) in [6.45, 7) is 0. The van der Waals surface area contributed by atoms with Crippen molar-refractivity contribution in [2.45, 2.75) is 6.18 Å². The quantitative estimate of drug-likeness (QED) is 0.772. The molecule has 0 aliphatic rings. The highest BCUT2D eigenvalue weighted by molar-refractivity contribution is 5.77. The van der Waals surface area contributed by atoms with E-state index in [1.54, 1.807) is 11.1 Å². The maximum absolute atomic E-state index is 12.7. The molecule has 0 amide bonds. The minimum absolute atomic E-state index is 0.0914. The molecule has 0 aliphatic heterocycles. The monoisotopic (exact) mass is 332 g/mol.